The molecule has 4 fully saturated rings. The third kappa shape index (κ3) is 3.29. The molecule has 6 heteroatoms. The van der Waals surface area contributed by atoms with Gasteiger partial charge in [-0.1, -0.05) is 24.4 Å². The molecule has 0 unspecified atom stereocenters. The summed E-state index contributed by atoms with van der Waals surface area (Å²) < 4.78 is 5.33. The van der Waals surface area contributed by atoms with Gasteiger partial charge in [0.15, 0.2) is 5.69 Å². The van der Waals surface area contributed by atoms with E-state index in [1.54, 1.807) is 0 Å². The van der Waals surface area contributed by atoms with E-state index >= 15 is 0 Å². The van der Waals surface area contributed by atoms with E-state index in [1.807, 2.05) is 11.0 Å². The van der Waals surface area contributed by atoms with Crippen molar-refractivity contribution in [3.05, 3.63) is 17.5 Å². The molecule has 0 aromatic carbocycles. The Bertz CT molecular complexity index is 636. The molecular weight excluding hydrogens is 328 g/mol. The maximum atomic E-state index is 12.5. The fraction of sp³-hybridized carbons (Fsp3) is 0.800. The Balaban J connectivity index is 1.08. The van der Waals surface area contributed by atoms with Gasteiger partial charge in [-0.25, -0.2) is 0 Å². The molecule has 3 heterocycles. The van der Waals surface area contributed by atoms with E-state index in [0.29, 0.717) is 17.7 Å². The summed E-state index contributed by atoms with van der Waals surface area (Å²) in [5, 5.41) is 3.99. The van der Waals surface area contributed by atoms with Gasteiger partial charge >= 0.3 is 0 Å². The van der Waals surface area contributed by atoms with E-state index in [4.69, 9.17) is 4.52 Å². The Kier molecular flexibility index (Phi) is 4.49. The highest BCUT2D eigenvalue weighted by Crippen LogP contribution is 2.40. The van der Waals surface area contributed by atoms with Crippen LogP contribution in [0.5, 0.6) is 0 Å². The van der Waals surface area contributed by atoms with Crippen molar-refractivity contribution in [3.8, 4) is 0 Å². The number of carbonyl (C=O) groups is 1. The minimum absolute atomic E-state index is 0.0396. The summed E-state index contributed by atoms with van der Waals surface area (Å²) in [6.07, 6.45) is 9.38. The predicted octanol–water partition coefficient (Wildman–Crippen LogP) is 2.33. The van der Waals surface area contributed by atoms with Crippen LogP contribution in [0.4, 0.5) is 0 Å². The van der Waals surface area contributed by atoms with Crippen LogP contribution in [0, 0.1) is 0 Å². The van der Waals surface area contributed by atoms with Gasteiger partial charge in [-0.3, -0.25) is 14.6 Å². The largest absolute Gasteiger partial charge is 0.360 e. The highest BCUT2D eigenvalue weighted by molar-refractivity contribution is 5.92. The summed E-state index contributed by atoms with van der Waals surface area (Å²) in [5.41, 5.74) is 0.493. The summed E-state index contributed by atoms with van der Waals surface area (Å²) in [7, 11) is 0. The first-order valence-electron chi connectivity index (χ1n) is 10.5. The van der Waals surface area contributed by atoms with Crippen LogP contribution in [0.25, 0.3) is 0 Å². The fourth-order valence-corrected chi connectivity index (χ4v) is 4.88. The second kappa shape index (κ2) is 6.97. The molecule has 5 rings (SSSR count). The first-order chi connectivity index (χ1) is 12.8. The van der Waals surface area contributed by atoms with Gasteiger partial charge in [-0.05, 0) is 25.7 Å². The Morgan fingerprint density at radius 1 is 0.923 bits per heavy atom. The van der Waals surface area contributed by atoms with Gasteiger partial charge in [-0.15, -0.1) is 0 Å². The van der Waals surface area contributed by atoms with Crippen molar-refractivity contribution in [2.24, 2.45) is 0 Å². The van der Waals surface area contributed by atoms with Crippen LogP contribution in [-0.4, -0.2) is 77.1 Å². The number of hydrogen-bond donors (Lipinski definition) is 0. The molecule has 1 amide bonds. The van der Waals surface area contributed by atoms with Gasteiger partial charge in [0.2, 0.25) is 0 Å². The zero-order valence-corrected chi connectivity index (χ0v) is 15.6. The molecule has 2 saturated heterocycles. The molecule has 1 aromatic rings. The molecule has 1 aromatic heterocycles. The summed E-state index contributed by atoms with van der Waals surface area (Å²) in [6, 6.07) is 3.22. The minimum Gasteiger partial charge on any atom is -0.360 e. The second-order valence-electron chi connectivity index (χ2n) is 8.62. The van der Waals surface area contributed by atoms with Crippen molar-refractivity contribution in [3.63, 3.8) is 0 Å². The average Bonchev–Trinajstić information content (AvgIpc) is 3.38. The van der Waals surface area contributed by atoms with Crippen LogP contribution in [0.2, 0.25) is 0 Å². The first-order valence-corrected chi connectivity index (χ1v) is 10.5. The smallest absolute Gasteiger partial charge is 0.276 e. The lowest BCUT2D eigenvalue weighted by atomic mass is 9.93. The first kappa shape index (κ1) is 16.8. The Morgan fingerprint density at radius 2 is 1.58 bits per heavy atom. The third-order valence-electron chi connectivity index (χ3n) is 6.83. The molecule has 2 aliphatic heterocycles. The lowest BCUT2D eigenvalue weighted by molar-refractivity contribution is -0.00303. The highest BCUT2D eigenvalue weighted by atomic mass is 16.5. The number of hydrogen-bond acceptors (Lipinski definition) is 5. The van der Waals surface area contributed by atoms with Crippen molar-refractivity contribution in [2.45, 2.75) is 62.9 Å². The lowest BCUT2D eigenvalue weighted by Gasteiger charge is -2.49. The molecule has 0 atom stereocenters. The molecule has 0 bridgehead atoms. The standard InChI is InChI=1S/C20H30N4O2/c25-20(18-12-19(26-21-18)15-6-7-15)24-13-17(14-24)23-10-8-22(9-11-23)16-4-2-1-3-5-16/h12,15-17H,1-11,13-14H2. The van der Waals surface area contributed by atoms with Crippen LogP contribution >= 0.6 is 0 Å². The molecular formula is C20H30N4O2. The van der Waals surface area contributed by atoms with Crippen LogP contribution < -0.4 is 0 Å². The van der Waals surface area contributed by atoms with Crippen LogP contribution in [0.15, 0.2) is 10.6 Å². The molecule has 2 aliphatic carbocycles. The molecule has 142 valence electrons. The van der Waals surface area contributed by atoms with Crippen LogP contribution in [0.1, 0.15) is 67.1 Å². The second-order valence-corrected chi connectivity index (χ2v) is 8.62. The summed E-state index contributed by atoms with van der Waals surface area (Å²) in [4.78, 5) is 19.8. The topological polar surface area (TPSA) is 52.8 Å². The Hall–Kier alpha value is -1.40. The number of aromatic nitrogens is 1. The van der Waals surface area contributed by atoms with E-state index in [0.717, 1.165) is 38.0 Å². The molecule has 4 aliphatic rings. The minimum atomic E-state index is 0.0396. The number of rotatable bonds is 4. The highest BCUT2D eigenvalue weighted by Gasteiger charge is 2.38. The van der Waals surface area contributed by atoms with E-state index < -0.39 is 0 Å². The number of piperazine rings is 1. The van der Waals surface area contributed by atoms with Crippen molar-refractivity contribution in [1.29, 1.82) is 0 Å². The zero-order chi connectivity index (χ0) is 17.5. The van der Waals surface area contributed by atoms with E-state index in [9.17, 15) is 4.79 Å². The van der Waals surface area contributed by atoms with Crippen LogP contribution in [0.3, 0.4) is 0 Å². The van der Waals surface area contributed by atoms with Crippen molar-refractivity contribution in [1.82, 2.24) is 19.9 Å². The van der Waals surface area contributed by atoms with Crippen molar-refractivity contribution >= 4 is 5.91 Å². The molecule has 0 N–H and O–H groups in total. The Morgan fingerprint density at radius 3 is 2.23 bits per heavy atom. The monoisotopic (exact) mass is 358 g/mol. The van der Waals surface area contributed by atoms with Gasteiger partial charge in [0.05, 0.1) is 0 Å². The third-order valence-corrected chi connectivity index (χ3v) is 6.83. The van der Waals surface area contributed by atoms with Crippen LogP contribution in [-0.2, 0) is 0 Å². The summed E-state index contributed by atoms with van der Waals surface area (Å²) in [6.45, 7) is 6.38. The average molecular weight is 358 g/mol. The normalized spacial score (nSPS) is 26.8. The predicted molar refractivity (Wildman–Crippen MR) is 98.2 cm³/mol. The quantitative estimate of drug-likeness (QED) is 0.827. The summed E-state index contributed by atoms with van der Waals surface area (Å²) in [5.74, 6) is 1.44. The number of nitrogens with zero attached hydrogens (tertiary/aromatic N) is 4. The molecule has 0 radical (unpaired) electrons. The van der Waals surface area contributed by atoms with E-state index in [-0.39, 0.29) is 5.91 Å². The van der Waals surface area contributed by atoms with Gasteiger partial charge in [-0.2, -0.15) is 0 Å². The Labute approximate surface area is 155 Å². The van der Waals surface area contributed by atoms with Crippen molar-refractivity contribution in [2.75, 3.05) is 39.3 Å². The molecule has 0 spiro atoms. The SMILES string of the molecule is O=C(c1cc(C2CC2)on1)N1CC(N2CCN(C3CCCCC3)CC2)C1. The van der Waals surface area contributed by atoms with E-state index in [2.05, 4.69) is 15.0 Å². The zero-order valence-electron chi connectivity index (χ0n) is 15.6. The van der Waals surface area contributed by atoms with Gasteiger partial charge in [0, 0.05) is 63.3 Å². The lowest BCUT2D eigenvalue weighted by Crippen LogP contribution is -2.64. The number of amides is 1. The maximum Gasteiger partial charge on any atom is 0.276 e. The van der Waals surface area contributed by atoms with Gasteiger partial charge in [0.25, 0.3) is 5.91 Å². The number of carbonyl (C=O) groups excluding carboxylic acids is 1. The van der Waals surface area contributed by atoms with Gasteiger partial charge in [0.1, 0.15) is 5.76 Å². The van der Waals surface area contributed by atoms with Crippen molar-refractivity contribution < 1.29 is 9.32 Å². The molecule has 6 nitrogen and oxygen atoms in total. The summed E-state index contributed by atoms with van der Waals surface area (Å²) >= 11 is 0. The van der Waals surface area contributed by atoms with Gasteiger partial charge < -0.3 is 9.42 Å². The molecule has 2 saturated carbocycles. The maximum absolute atomic E-state index is 12.5. The van der Waals surface area contributed by atoms with E-state index in [1.165, 1.54) is 58.0 Å². The molecule has 26 heavy (non-hydrogen) atoms. The number of likely N-dealkylation sites (tertiary alicyclic amines) is 1. The fourth-order valence-electron chi connectivity index (χ4n) is 4.88.